The maximum atomic E-state index is 11.7. The zero-order valence-corrected chi connectivity index (χ0v) is 18.4. The summed E-state index contributed by atoms with van der Waals surface area (Å²) in [7, 11) is -3.57. The van der Waals surface area contributed by atoms with Crippen LogP contribution in [0, 0.1) is 5.92 Å². The van der Waals surface area contributed by atoms with Gasteiger partial charge in [0.15, 0.2) is 0 Å². The number of nitrogens with zero attached hydrogens (tertiary/aromatic N) is 1. The molecular weight excluding hydrogens is 450 g/mol. The van der Waals surface area contributed by atoms with Crippen molar-refractivity contribution in [1.82, 2.24) is 4.98 Å². The van der Waals surface area contributed by atoms with Gasteiger partial charge in [-0.2, -0.15) is 8.42 Å². The van der Waals surface area contributed by atoms with Crippen LogP contribution >= 0.6 is 15.9 Å². The van der Waals surface area contributed by atoms with E-state index in [0.717, 1.165) is 17.1 Å². The van der Waals surface area contributed by atoms with Crippen LogP contribution in [-0.4, -0.2) is 19.7 Å². The molecule has 0 spiro atoms. The third-order valence-corrected chi connectivity index (χ3v) is 6.31. The van der Waals surface area contributed by atoms with Crippen LogP contribution in [0.5, 0.6) is 0 Å². The molecule has 1 aliphatic rings. The van der Waals surface area contributed by atoms with Gasteiger partial charge in [-0.25, -0.2) is 0 Å². The van der Waals surface area contributed by atoms with Gasteiger partial charge in [0.25, 0.3) is 10.1 Å². The Morgan fingerprint density at radius 1 is 1.03 bits per heavy atom. The summed E-state index contributed by atoms with van der Waals surface area (Å²) in [6.07, 6.45) is 3.86. The first-order valence-electron chi connectivity index (χ1n) is 9.54. The molecule has 150 valence electrons. The number of halogens is 1. The van der Waals surface area contributed by atoms with E-state index in [4.69, 9.17) is 4.18 Å². The zero-order chi connectivity index (χ0) is 20.4. The molecule has 2 aromatic carbocycles. The van der Waals surface area contributed by atoms with Gasteiger partial charge in [0, 0.05) is 10.7 Å². The van der Waals surface area contributed by atoms with Gasteiger partial charge >= 0.3 is 0 Å². The second kappa shape index (κ2) is 8.38. The molecule has 0 N–H and O–H groups in total. The quantitative estimate of drug-likeness (QED) is 0.413. The van der Waals surface area contributed by atoms with Crippen molar-refractivity contribution in [2.45, 2.75) is 24.9 Å². The van der Waals surface area contributed by atoms with Crippen molar-refractivity contribution in [3.05, 3.63) is 88.7 Å². The topological polar surface area (TPSA) is 56.3 Å². The highest BCUT2D eigenvalue weighted by Gasteiger charge is 2.41. The number of hydrogen-bond acceptors (Lipinski definition) is 4. The molecule has 0 saturated heterocycles. The van der Waals surface area contributed by atoms with Crippen molar-refractivity contribution in [3.8, 4) is 11.1 Å². The van der Waals surface area contributed by atoms with E-state index in [1.807, 2.05) is 30.3 Å². The molecule has 29 heavy (non-hydrogen) atoms. The number of hydrogen-bond donors (Lipinski definition) is 0. The molecule has 0 bridgehead atoms. The van der Waals surface area contributed by atoms with Crippen molar-refractivity contribution >= 4 is 26.0 Å². The van der Waals surface area contributed by atoms with Crippen molar-refractivity contribution in [1.29, 1.82) is 0 Å². The number of aromatic nitrogens is 1. The van der Waals surface area contributed by atoms with Gasteiger partial charge in [0.1, 0.15) is 6.10 Å². The van der Waals surface area contributed by atoms with Gasteiger partial charge in [0.2, 0.25) is 0 Å². The Hall–Kier alpha value is -2.02. The highest BCUT2D eigenvalue weighted by molar-refractivity contribution is 9.10. The first kappa shape index (κ1) is 20.3. The van der Waals surface area contributed by atoms with Crippen LogP contribution in [0.25, 0.3) is 11.1 Å². The van der Waals surface area contributed by atoms with Crippen molar-refractivity contribution in [2.24, 2.45) is 5.92 Å². The van der Waals surface area contributed by atoms with Gasteiger partial charge in [-0.3, -0.25) is 9.17 Å². The molecule has 0 aliphatic heterocycles. The third kappa shape index (κ3) is 5.32. The second-order valence-electron chi connectivity index (χ2n) is 7.52. The van der Waals surface area contributed by atoms with Crippen LogP contribution in [0.2, 0.25) is 0 Å². The van der Waals surface area contributed by atoms with Gasteiger partial charge < -0.3 is 0 Å². The molecule has 3 unspecified atom stereocenters. The minimum Gasteiger partial charge on any atom is -0.260 e. The van der Waals surface area contributed by atoms with Crippen molar-refractivity contribution in [3.63, 3.8) is 0 Å². The number of pyridine rings is 1. The maximum absolute atomic E-state index is 11.7. The molecule has 0 amide bonds. The maximum Gasteiger partial charge on any atom is 0.265 e. The monoisotopic (exact) mass is 471 g/mol. The molecule has 1 saturated carbocycles. The summed E-state index contributed by atoms with van der Waals surface area (Å²) in [5.74, 6) is 0.815. The average Bonchev–Trinajstić information content (AvgIpc) is 3.47. The SMILES string of the molecule is CS(=O)(=O)OC(CC1CC1c1ccc(-c2ccccc2)cc1)c1ccc(Br)cn1. The molecule has 6 heteroatoms. The van der Waals surface area contributed by atoms with Crippen molar-refractivity contribution in [2.75, 3.05) is 6.26 Å². The summed E-state index contributed by atoms with van der Waals surface area (Å²) in [4.78, 5) is 4.35. The highest BCUT2D eigenvalue weighted by atomic mass is 79.9. The smallest absolute Gasteiger partial charge is 0.260 e. The van der Waals surface area contributed by atoms with E-state index in [1.54, 1.807) is 6.20 Å². The van der Waals surface area contributed by atoms with Crippen molar-refractivity contribution < 1.29 is 12.6 Å². The summed E-state index contributed by atoms with van der Waals surface area (Å²) >= 11 is 3.36. The summed E-state index contributed by atoms with van der Waals surface area (Å²) in [5.41, 5.74) is 4.33. The third-order valence-electron chi connectivity index (χ3n) is 5.26. The summed E-state index contributed by atoms with van der Waals surface area (Å²) in [6.45, 7) is 0. The Morgan fingerprint density at radius 2 is 1.72 bits per heavy atom. The molecule has 3 atom stereocenters. The van der Waals surface area contributed by atoms with Crippen LogP contribution in [-0.2, 0) is 14.3 Å². The van der Waals surface area contributed by atoms with E-state index in [1.165, 1.54) is 16.7 Å². The first-order valence-corrected chi connectivity index (χ1v) is 12.1. The number of rotatable bonds is 7. The average molecular weight is 472 g/mol. The molecule has 1 heterocycles. The molecule has 0 radical (unpaired) electrons. The Bertz CT molecular complexity index is 1070. The van der Waals surface area contributed by atoms with Gasteiger partial charge in [-0.15, -0.1) is 0 Å². The predicted molar refractivity (Wildman–Crippen MR) is 118 cm³/mol. The van der Waals surface area contributed by atoms with Crippen LogP contribution in [0.4, 0.5) is 0 Å². The lowest BCUT2D eigenvalue weighted by Crippen LogP contribution is -2.13. The zero-order valence-electron chi connectivity index (χ0n) is 16.0. The fourth-order valence-corrected chi connectivity index (χ4v) is 4.58. The molecule has 4 nitrogen and oxygen atoms in total. The van der Waals surface area contributed by atoms with E-state index in [0.29, 0.717) is 24.0 Å². The Morgan fingerprint density at radius 3 is 2.34 bits per heavy atom. The van der Waals surface area contributed by atoms with E-state index in [2.05, 4.69) is 57.3 Å². The van der Waals surface area contributed by atoms with E-state index in [-0.39, 0.29) is 0 Å². The number of benzene rings is 2. The normalized spacial score (nSPS) is 19.7. The van der Waals surface area contributed by atoms with Gasteiger partial charge in [-0.1, -0.05) is 54.6 Å². The molecule has 1 aromatic heterocycles. The first-order chi connectivity index (χ1) is 13.9. The van der Waals surface area contributed by atoms with Gasteiger partial charge in [0.05, 0.1) is 11.9 Å². The minimum atomic E-state index is -3.57. The van der Waals surface area contributed by atoms with E-state index < -0.39 is 16.2 Å². The summed E-state index contributed by atoms with van der Waals surface area (Å²) < 4.78 is 29.7. The molecule has 4 rings (SSSR count). The fourth-order valence-electron chi connectivity index (χ4n) is 3.74. The Balaban J connectivity index is 1.46. The Kier molecular flexibility index (Phi) is 5.86. The van der Waals surface area contributed by atoms with Crippen LogP contribution < -0.4 is 0 Å². The lowest BCUT2D eigenvalue weighted by molar-refractivity contribution is 0.191. The Labute approximate surface area is 180 Å². The summed E-state index contributed by atoms with van der Waals surface area (Å²) in [5, 5.41) is 0. The second-order valence-corrected chi connectivity index (χ2v) is 10.0. The largest absolute Gasteiger partial charge is 0.265 e. The van der Waals surface area contributed by atoms with Gasteiger partial charge in [-0.05, 0) is 69.4 Å². The molecular formula is C23H22BrNO3S. The standard InChI is InChI=1S/C23H22BrNO3S/c1-29(26,27)28-23(22-12-11-20(24)15-25-22)14-19-13-21(19)18-9-7-17(8-10-18)16-5-3-2-4-6-16/h2-12,15,19,21,23H,13-14H2,1H3. The molecule has 1 aliphatic carbocycles. The van der Waals surface area contributed by atoms with E-state index in [9.17, 15) is 8.42 Å². The highest BCUT2D eigenvalue weighted by Crippen LogP contribution is 2.52. The summed E-state index contributed by atoms with van der Waals surface area (Å²) in [6, 6.07) is 22.6. The van der Waals surface area contributed by atoms with E-state index >= 15 is 0 Å². The van der Waals surface area contributed by atoms with Crippen LogP contribution in [0.15, 0.2) is 77.4 Å². The molecule has 1 fully saturated rings. The van der Waals surface area contributed by atoms with Crippen LogP contribution in [0.1, 0.15) is 36.1 Å². The lowest BCUT2D eigenvalue weighted by atomic mass is 10.0. The predicted octanol–water partition coefficient (Wildman–Crippen LogP) is 5.72. The van der Waals surface area contributed by atoms with Crippen LogP contribution in [0.3, 0.4) is 0 Å². The lowest BCUT2D eigenvalue weighted by Gasteiger charge is -2.16. The molecule has 3 aromatic rings. The fraction of sp³-hybridized carbons (Fsp3) is 0.261. The minimum absolute atomic E-state index is 0.384.